The number of hydrogen-bond donors (Lipinski definition) is 3. The molecule has 2 amide bonds. The molecule has 0 heterocycles. The van der Waals surface area contributed by atoms with Gasteiger partial charge in [-0.1, -0.05) is 12.1 Å². The number of phenols is 1. The molecule has 0 saturated carbocycles. The molecule has 0 bridgehead atoms. The van der Waals surface area contributed by atoms with E-state index in [0.717, 1.165) is 5.56 Å². The van der Waals surface area contributed by atoms with Gasteiger partial charge in [0.1, 0.15) is 5.75 Å². The molecule has 0 aliphatic carbocycles. The first-order valence-corrected chi connectivity index (χ1v) is 7.17. The van der Waals surface area contributed by atoms with Crippen LogP contribution >= 0.6 is 0 Å². The first kappa shape index (κ1) is 16.5. The first-order valence-electron chi connectivity index (χ1n) is 7.17. The third kappa shape index (κ3) is 4.81. The molecule has 0 aliphatic rings. The van der Waals surface area contributed by atoms with E-state index < -0.39 is 0 Å². The Morgan fingerprint density at radius 2 is 1.74 bits per heavy atom. The summed E-state index contributed by atoms with van der Waals surface area (Å²) >= 11 is 0. The van der Waals surface area contributed by atoms with Gasteiger partial charge in [-0.05, 0) is 36.2 Å². The highest BCUT2D eigenvalue weighted by Crippen LogP contribution is 2.29. The van der Waals surface area contributed by atoms with Crippen molar-refractivity contribution in [1.29, 1.82) is 0 Å². The van der Waals surface area contributed by atoms with E-state index in [1.165, 1.54) is 0 Å². The third-order valence-corrected chi connectivity index (χ3v) is 3.28. The van der Waals surface area contributed by atoms with Gasteiger partial charge in [0.25, 0.3) is 0 Å². The van der Waals surface area contributed by atoms with Crippen LogP contribution in [0.25, 0.3) is 0 Å². The van der Waals surface area contributed by atoms with Crippen LogP contribution < -0.4 is 20.1 Å². The summed E-state index contributed by atoms with van der Waals surface area (Å²) in [6.07, 6.45) is 0.680. The van der Waals surface area contributed by atoms with Crippen LogP contribution in [0.2, 0.25) is 0 Å². The summed E-state index contributed by atoms with van der Waals surface area (Å²) in [4.78, 5) is 11.9. The number of carbonyl (C=O) groups excluding carboxylic acids is 1. The molecule has 122 valence electrons. The molecule has 0 spiro atoms. The van der Waals surface area contributed by atoms with Crippen LogP contribution in [-0.2, 0) is 6.42 Å². The van der Waals surface area contributed by atoms with Crippen LogP contribution in [0.15, 0.2) is 42.5 Å². The number of ether oxygens (including phenoxy) is 2. The quantitative estimate of drug-likeness (QED) is 0.765. The third-order valence-electron chi connectivity index (χ3n) is 3.28. The van der Waals surface area contributed by atoms with Crippen LogP contribution in [-0.4, -0.2) is 31.9 Å². The summed E-state index contributed by atoms with van der Waals surface area (Å²) in [7, 11) is 3.10. The number of methoxy groups -OCH3 is 2. The summed E-state index contributed by atoms with van der Waals surface area (Å²) in [5, 5.41) is 14.7. The highest BCUT2D eigenvalue weighted by molar-refractivity contribution is 5.89. The van der Waals surface area contributed by atoms with E-state index in [-0.39, 0.29) is 11.8 Å². The van der Waals surface area contributed by atoms with E-state index in [2.05, 4.69) is 10.6 Å². The topological polar surface area (TPSA) is 79.8 Å². The second kappa shape index (κ2) is 7.93. The molecule has 0 atom stereocenters. The van der Waals surface area contributed by atoms with Crippen molar-refractivity contribution in [1.82, 2.24) is 5.32 Å². The lowest BCUT2D eigenvalue weighted by Crippen LogP contribution is -2.30. The van der Waals surface area contributed by atoms with Gasteiger partial charge >= 0.3 is 6.03 Å². The number of carbonyl (C=O) groups is 1. The molecule has 0 aromatic heterocycles. The molecule has 0 fully saturated rings. The Morgan fingerprint density at radius 3 is 2.39 bits per heavy atom. The van der Waals surface area contributed by atoms with Gasteiger partial charge in [-0.15, -0.1) is 0 Å². The highest BCUT2D eigenvalue weighted by atomic mass is 16.5. The molecule has 2 rings (SSSR count). The number of phenolic OH excluding ortho intramolecular Hbond substituents is 1. The smallest absolute Gasteiger partial charge is 0.319 e. The van der Waals surface area contributed by atoms with Gasteiger partial charge in [-0.25, -0.2) is 4.79 Å². The van der Waals surface area contributed by atoms with Crippen molar-refractivity contribution >= 4 is 11.7 Å². The molecule has 2 aromatic rings. The van der Waals surface area contributed by atoms with Gasteiger partial charge in [-0.3, -0.25) is 0 Å². The molecular weight excluding hydrogens is 296 g/mol. The average Bonchev–Trinajstić information content (AvgIpc) is 2.56. The number of benzene rings is 2. The number of nitrogens with one attached hydrogen (secondary N) is 2. The Hall–Kier alpha value is -2.89. The SMILES string of the molecule is COc1ccc(NC(=O)NCCc2ccc(O)cc2)cc1OC. The maximum Gasteiger partial charge on any atom is 0.319 e. The Balaban J connectivity index is 1.83. The van der Waals surface area contributed by atoms with Gasteiger partial charge in [-0.2, -0.15) is 0 Å². The minimum atomic E-state index is -0.295. The maximum atomic E-state index is 11.9. The van der Waals surface area contributed by atoms with Gasteiger partial charge in [0, 0.05) is 18.3 Å². The zero-order valence-electron chi connectivity index (χ0n) is 13.1. The Morgan fingerprint density at radius 1 is 1.04 bits per heavy atom. The van der Waals surface area contributed by atoms with E-state index in [1.54, 1.807) is 44.6 Å². The largest absolute Gasteiger partial charge is 0.508 e. The van der Waals surface area contributed by atoms with Crippen molar-refractivity contribution in [2.75, 3.05) is 26.1 Å². The van der Waals surface area contributed by atoms with Crippen molar-refractivity contribution < 1.29 is 19.4 Å². The van der Waals surface area contributed by atoms with Crippen LogP contribution in [0.4, 0.5) is 10.5 Å². The summed E-state index contributed by atoms with van der Waals surface area (Å²) in [6.45, 7) is 0.490. The standard InChI is InChI=1S/C17H20N2O4/c1-22-15-8-5-13(11-16(15)23-2)19-17(21)18-10-9-12-3-6-14(20)7-4-12/h3-8,11,20H,9-10H2,1-2H3,(H2,18,19,21). The number of aromatic hydroxyl groups is 1. The summed E-state index contributed by atoms with van der Waals surface area (Å²) in [5.74, 6) is 1.38. The number of hydrogen-bond acceptors (Lipinski definition) is 4. The van der Waals surface area contributed by atoms with Gasteiger partial charge in [0.2, 0.25) is 0 Å². The molecular formula is C17H20N2O4. The fourth-order valence-corrected chi connectivity index (χ4v) is 2.07. The minimum Gasteiger partial charge on any atom is -0.508 e. The zero-order chi connectivity index (χ0) is 16.7. The second-order valence-electron chi connectivity index (χ2n) is 4.87. The van der Waals surface area contributed by atoms with Crippen molar-refractivity contribution in [3.63, 3.8) is 0 Å². The Kier molecular flexibility index (Phi) is 5.68. The van der Waals surface area contributed by atoms with E-state index in [9.17, 15) is 9.90 Å². The molecule has 23 heavy (non-hydrogen) atoms. The van der Waals surface area contributed by atoms with Crippen LogP contribution in [0, 0.1) is 0 Å². The zero-order valence-corrected chi connectivity index (χ0v) is 13.1. The van der Waals surface area contributed by atoms with E-state index in [0.29, 0.717) is 30.2 Å². The van der Waals surface area contributed by atoms with Crippen LogP contribution in [0.5, 0.6) is 17.2 Å². The normalized spacial score (nSPS) is 10.0. The fourth-order valence-electron chi connectivity index (χ4n) is 2.07. The number of urea groups is 1. The lowest BCUT2D eigenvalue weighted by molar-refractivity contribution is 0.252. The van der Waals surface area contributed by atoms with Crippen molar-refractivity contribution in [2.45, 2.75) is 6.42 Å². The molecule has 6 heteroatoms. The number of rotatable bonds is 6. The van der Waals surface area contributed by atoms with E-state index in [4.69, 9.17) is 9.47 Å². The summed E-state index contributed by atoms with van der Waals surface area (Å²) in [5.41, 5.74) is 1.65. The summed E-state index contributed by atoms with van der Waals surface area (Å²) < 4.78 is 10.3. The van der Waals surface area contributed by atoms with Crippen LogP contribution in [0.3, 0.4) is 0 Å². The van der Waals surface area contributed by atoms with E-state index >= 15 is 0 Å². The highest BCUT2D eigenvalue weighted by Gasteiger charge is 2.07. The van der Waals surface area contributed by atoms with Crippen molar-refractivity contribution in [3.8, 4) is 17.2 Å². The predicted molar refractivity (Wildman–Crippen MR) is 88.4 cm³/mol. The molecule has 3 N–H and O–H groups in total. The minimum absolute atomic E-state index is 0.230. The van der Waals surface area contributed by atoms with Gasteiger partial charge in [0.15, 0.2) is 11.5 Å². The van der Waals surface area contributed by atoms with Crippen LogP contribution in [0.1, 0.15) is 5.56 Å². The first-order chi connectivity index (χ1) is 11.1. The van der Waals surface area contributed by atoms with Crippen molar-refractivity contribution in [2.24, 2.45) is 0 Å². The molecule has 0 saturated heterocycles. The van der Waals surface area contributed by atoms with Gasteiger partial charge < -0.3 is 25.2 Å². The maximum absolute atomic E-state index is 11.9. The summed E-state index contributed by atoms with van der Waals surface area (Å²) in [6, 6.07) is 11.8. The van der Waals surface area contributed by atoms with E-state index in [1.807, 2.05) is 12.1 Å². The Bertz CT molecular complexity index is 656. The fraction of sp³-hybridized carbons (Fsp3) is 0.235. The van der Waals surface area contributed by atoms with Gasteiger partial charge in [0.05, 0.1) is 14.2 Å². The molecule has 0 aliphatic heterocycles. The monoisotopic (exact) mass is 316 g/mol. The predicted octanol–water partition coefficient (Wildman–Crippen LogP) is 2.77. The number of anilines is 1. The molecule has 0 radical (unpaired) electrons. The van der Waals surface area contributed by atoms with Crippen molar-refractivity contribution in [3.05, 3.63) is 48.0 Å². The lowest BCUT2D eigenvalue weighted by atomic mass is 10.1. The molecule has 6 nitrogen and oxygen atoms in total. The molecule has 2 aromatic carbocycles. The number of amides is 2. The second-order valence-corrected chi connectivity index (χ2v) is 4.87. The lowest BCUT2D eigenvalue weighted by Gasteiger charge is -2.11. The molecule has 0 unspecified atom stereocenters. The Labute approximate surface area is 135 Å². The average molecular weight is 316 g/mol.